The van der Waals surface area contributed by atoms with Gasteiger partial charge < -0.3 is 24.3 Å². The SMILES string of the molecule is CC(C)(C(=O)Nc1ccc2c(c1)OCCO2)c1ccc2c(c1)OCCO2. The summed E-state index contributed by atoms with van der Waals surface area (Å²) in [5.74, 6) is 2.61. The summed E-state index contributed by atoms with van der Waals surface area (Å²) in [6.45, 7) is 5.86. The third-order valence-electron chi connectivity index (χ3n) is 4.63. The van der Waals surface area contributed by atoms with Crippen molar-refractivity contribution in [2.45, 2.75) is 19.3 Å². The summed E-state index contributed by atoms with van der Waals surface area (Å²) in [5, 5.41) is 2.96. The lowest BCUT2D eigenvalue weighted by Crippen LogP contribution is -2.35. The second kappa shape index (κ2) is 6.44. The number of amides is 1. The van der Waals surface area contributed by atoms with Crippen LogP contribution in [0, 0.1) is 0 Å². The van der Waals surface area contributed by atoms with E-state index in [4.69, 9.17) is 18.9 Å². The van der Waals surface area contributed by atoms with Gasteiger partial charge in [0.1, 0.15) is 26.4 Å². The van der Waals surface area contributed by atoms with Crippen molar-refractivity contribution >= 4 is 11.6 Å². The lowest BCUT2D eigenvalue weighted by Gasteiger charge is -2.27. The molecule has 136 valence electrons. The molecule has 4 rings (SSSR count). The molecule has 2 aliphatic heterocycles. The van der Waals surface area contributed by atoms with Gasteiger partial charge in [-0.1, -0.05) is 6.07 Å². The lowest BCUT2D eigenvalue weighted by molar-refractivity contribution is -0.120. The highest BCUT2D eigenvalue weighted by Crippen LogP contribution is 2.37. The highest BCUT2D eigenvalue weighted by atomic mass is 16.6. The quantitative estimate of drug-likeness (QED) is 0.916. The minimum atomic E-state index is -0.747. The van der Waals surface area contributed by atoms with Gasteiger partial charge in [-0.05, 0) is 43.7 Å². The van der Waals surface area contributed by atoms with Gasteiger partial charge in [-0.2, -0.15) is 0 Å². The monoisotopic (exact) mass is 355 g/mol. The summed E-state index contributed by atoms with van der Waals surface area (Å²) in [6, 6.07) is 11.0. The predicted molar refractivity (Wildman–Crippen MR) is 96.5 cm³/mol. The standard InChI is InChI=1S/C20H21NO5/c1-20(2,13-3-5-15-17(11-13)25-9-7-23-15)19(22)21-14-4-6-16-18(12-14)26-10-8-24-16/h3-6,11-12H,7-10H2,1-2H3,(H,21,22). The van der Waals surface area contributed by atoms with Crippen LogP contribution in [0.25, 0.3) is 0 Å². The highest BCUT2D eigenvalue weighted by molar-refractivity contribution is 5.98. The van der Waals surface area contributed by atoms with Gasteiger partial charge in [0.25, 0.3) is 0 Å². The number of hydrogen-bond donors (Lipinski definition) is 1. The van der Waals surface area contributed by atoms with Crippen LogP contribution in [-0.2, 0) is 10.2 Å². The molecule has 0 saturated carbocycles. The normalized spacial score (nSPS) is 15.3. The second-order valence-electron chi connectivity index (χ2n) is 6.80. The zero-order valence-corrected chi connectivity index (χ0v) is 14.8. The molecule has 1 N–H and O–H groups in total. The van der Waals surface area contributed by atoms with E-state index in [1.165, 1.54) is 0 Å². The predicted octanol–water partition coefficient (Wildman–Crippen LogP) is 3.15. The molecule has 0 bridgehead atoms. The van der Waals surface area contributed by atoms with Crippen LogP contribution in [0.3, 0.4) is 0 Å². The molecule has 2 aliphatic rings. The van der Waals surface area contributed by atoms with E-state index in [9.17, 15) is 4.79 Å². The van der Waals surface area contributed by atoms with Gasteiger partial charge in [0.15, 0.2) is 23.0 Å². The molecule has 0 radical (unpaired) electrons. The zero-order chi connectivity index (χ0) is 18.1. The minimum Gasteiger partial charge on any atom is -0.486 e. The Bertz CT molecular complexity index is 846. The fraction of sp³-hybridized carbons (Fsp3) is 0.350. The van der Waals surface area contributed by atoms with E-state index in [1.807, 2.05) is 38.1 Å². The van der Waals surface area contributed by atoms with Crippen LogP contribution in [0.1, 0.15) is 19.4 Å². The lowest BCUT2D eigenvalue weighted by atomic mass is 9.83. The molecule has 6 nitrogen and oxygen atoms in total. The van der Waals surface area contributed by atoms with E-state index in [1.54, 1.807) is 12.1 Å². The Morgan fingerprint density at radius 2 is 1.35 bits per heavy atom. The topological polar surface area (TPSA) is 66.0 Å². The minimum absolute atomic E-state index is 0.120. The van der Waals surface area contributed by atoms with Crippen LogP contribution < -0.4 is 24.3 Å². The molecule has 26 heavy (non-hydrogen) atoms. The van der Waals surface area contributed by atoms with Gasteiger partial charge in [-0.15, -0.1) is 0 Å². The third-order valence-corrected chi connectivity index (χ3v) is 4.63. The number of benzene rings is 2. The molecule has 2 aromatic carbocycles. The highest BCUT2D eigenvalue weighted by Gasteiger charge is 2.31. The maximum Gasteiger partial charge on any atom is 0.234 e. The Kier molecular flexibility index (Phi) is 4.11. The van der Waals surface area contributed by atoms with Gasteiger partial charge in [-0.3, -0.25) is 4.79 Å². The molecule has 0 atom stereocenters. The van der Waals surface area contributed by atoms with Gasteiger partial charge in [0.2, 0.25) is 5.91 Å². The first kappa shape index (κ1) is 16.6. The van der Waals surface area contributed by atoms with Gasteiger partial charge in [0.05, 0.1) is 5.41 Å². The van der Waals surface area contributed by atoms with E-state index in [0.29, 0.717) is 55.1 Å². The van der Waals surface area contributed by atoms with Crippen LogP contribution in [0.5, 0.6) is 23.0 Å². The molecule has 0 aliphatic carbocycles. The maximum absolute atomic E-state index is 12.9. The molecular weight excluding hydrogens is 334 g/mol. The van der Waals surface area contributed by atoms with Crippen molar-refractivity contribution in [3.05, 3.63) is 42.0 Å². The van der Waals surface area contributed by atoms with Crippen molar-refractivity contribution in [2.75, 3.05) is 31.7 Å². The van der Waals surface area contributed by atoms with Crippen molar-refractivity contribution < 1.29 is 23.7 Å². The number of ether oxygens (including phenoxy) is 4. The number of rotatable bonds is 3. The zero-order valence-electron chi connectivity index (χ0n) is 14.8. The van der Waals surface area contributed by atoms with E-state index < -0.39 is 5.41 Å². The average molecular weight is 355 g/mol. The van der Waals surface area contributed by atoms with Crippen molar-refractivity contribution in [1.29, 1.82) is 0 Å². The molecule has 0 fully saturated rings. The Balaban J connectivity index is 1.55. The number of nitrogens with one attached hydrogen (secondary N) is 1. The Morgan fingerprint density at radius 1 is 0.808 bits per heavy atom. The fourth-order valence-corrected chi connectivity index (χ4v) is 2.97. The summed E-state index contributed by atoms with van der Waals surface area (Å²) < 4.78 is 22.3. The Labute approximate surface area is 152 Å². The smallest absolute Gasteiger partial charge is 0.234 e. The van der Waals surface area contributed by atoms with Crippen LogP contribution in [-0.4, -0.2) is 32.3 Å². The molecule has 2 heterocycles. The van der Waals surface area contributed by atoms with Crippen LogP contribution >= 0.6 is 0 Å². The average Bonchev–Trinajstić information content (AvgIpc) is 2.67. The van der Waals surface area contributed by atoms with E-state index in [0.717, 1.165) is 5.56 Å². The van der Waals surface area contributed by atoms with E-state index in [2.05, 4.69) is 5.32 Å². The molecule has 0 unspecified atom stereocenters. The summed E-state index contributed by atoms with van der Waals surface area (Å²) in [7, 11) is 0. The Morgan fingerprint density at radius 3 is 2.00 bits per heavy atom. The molecule has 0 spiro atoms. The molecular formula is C20H21NO5. The summed E-state index contributed by atoms with van der Waals surface area (Å²) in [6.07, 6.45) is 0. The first-order valence-corrected chi connectivity index (χ1v) is 8.65. The number of anilines is 1. The van der Waals surface area contributed by atoms with Crippen molar-refractivity contribution in [3.8, 4) is 23.0 Å². The number of hydrogen-bond acceptors (Lipinski definition) is 5. The second-order valence-corrected chi connectivity index (χ2v) is 6.80. The summed E-state index contributed by atoms with van der Waals surface area (Å²) in [4.78, 5) is 12.9. The van der Waals surface area contributed by atoms with Gasteiger partial charge in [-0.25, -0.2) is 0 Å². The fourth-order valence-electron chi connectivity index (χ4n) is 2.97. The van der Waals surface area contributed by atoms with E-state index in [-0.39, 0.29) is 5.91 Å². The Hall–Kier alpha value is -2.89. The van der Waals surface area contributed by atoms with Crippen LogP contribution in [0.15, 0.2) is 36.4 Å². The molecule has 6 heteroatoms. The number of fused-ring (bicyclic) bond motifs is 2. The van der Waals surface area contributed by atoms with Crippen molar-refractivity contribution in [1.82, 2.24) is 0 Å². The number of carbonyl (C=O) groups excluding carboxylic acids is 1. The van der Waals surface area contributed by atoms with Gasteiger partial charge in [0, 0.05) is 11.8 Å². The third kappa shape index (κ3) is 3.03. The maximum atomic E-state index is 12.9. The molecule has 0 aromatic heterocycles. The van der Waals surface area contributed by atoms with Gasteiger partial charge >= 0.3 is 0 Å². The summed E-state index contributed by atoms with van der Waals surface area (Å²) >= 11 is 0. The molecule has 0 saturated heterocycles. The largest absolute Gasteiger partial charge is 0.486 e. The van der Waals surface area contributed by atoms with E-state index >= 15 is 0 Å². The summed E-state index contributed by atoms with van der Waals surface area (Å²) in [5.41, 5.74) is 0.782. The van der Waals surface area contributed by atoms with Crippen molar-refractivity contribution in [2.24, 2.45) is 0 Å². The number of carbonyl (C=O) groups is 1. The molecule has 2 aromatic rings. The first-order chi connectivity index (χ1) is 12.5. The van der Waals surface area contributed by atoms with Crippen LogP contribution in [0.4, 0.5) is 5.69 Å². The van der Waals surface area contributed by atoms with Crippen LogP contribution in [0.2, 0.25) is 0 Å². The molecule has 1 amide bonds. The first-order valence-electron chi connectivity index (χ1n) is 8.65. The van der Waals surface area contributed by atoms with Crippen molar-refractivity contribution in [3.63, 3.8) is 0 Å².